The third-order valence-corrected chi connectivity index (χ3v) is 10.8. The minimum absolute atomic E-state index is 0.0311. The zero-order valence-electron chi connectivity index (χ0n) is 28.4. The molecular weight excluding hydrogens is 628 g/mol. The first-order valence-corrected chi connectivity index (χ1v) is 16.0. The summed E-state index contributed by atoms with van der Waals surface area (Å²) in [6.07, 6.45) is -7.69. The zero-order chi connectivity index (χ0) is 35.6. The number of esters is 5. The zero-order valence-corrected chi connectivity index (χ0v) is 28.4. The largest absolute Gasteiger partial charge is 0.462 e. The van der Waals surface area contributed by atoms with E-state index in [0.29, 0.717) is 5.57 Å². The maximum atomic E-state index is 14.1. The topological polar surface area (TPSA) is 181 Å². The van der Waals surface area contributed by atoms with Crippen LogP contribution in [0.2, 0.25) is 0 Å². The van der Waals surface area contributed by atoms with Gasteiger partial charge >= 0.3 is 29.8 Å². The molecule has 0 aromatic heterocycles. The van der Waals surface area contributed by atoms with Gasteiger partial charge in [0, 0.05) is 46.5 Å². The van der Waals surface area contributed by atoms with Crippen LogP contribution in [0.1, 0.15) is 78.6 Å². The molecule has 5 rings (SSSR count). The van der Waals surface area contributed by atoms with E-state index in [9.17, 15) is 34.2 Å². The van der Waals surface area contributed by atoms with Crippen molar-refractivity contribution in [2.75, 3.05) is 6.61 Å². The molecule has 1 aromatic rings. The number of carbonyl (C=O) groups is 5. The van der Waals surface area contributed by atoms with Gasteiger partial charge in [-0.2, -0.15) is 0 Å². The second-order valence-electron chi connectivity index (χ2n) is 14.1. The van der Waals surface area contributed by atoms with Crippen LogP contribution in [-0.4, -0.2) is 94.5 Å². The summed E-state index contributed by atoms with van der Waals surface area (Å²) in [5, 5.41) is 25.0. The highest BCUT2D eigenvalue weighted by atomic mass is 16.6. The standard InChI is InChI=1S/C35H44O13/c1-17-23(44-18(2)36)15-34(32(6,7)41)26(17)27(46-20(4)38)29(47-21(5)39)33(8)24(45-19(3)37)14-25-35(42,16-43-25)28(33)30(34)48-31(40)22-12-10-9-11-13-22/h9-13,23-25,27-30,41-42H,14-16H2,1-8H3/t23-,24-,25+,27+,28?,29-,30-,33+,34-,35-/m0/s1. The Bertz CT molecular complexity index is 1530. The van der Waals surface area contributed by atoms with E-state index in [2.05, 4.69) is 0 Å². The first-order chi connectivity index (χ1) is 22.3. The van der Waals surface area contributed by atoms with Crippen LogP contribution in [0.4, 0.5) is 0 Å². The second-order valence-corrected chi connectivity index (χ2v) is 14.1. The summed E-state index contributed by atoms with van der Waals surface area (Å²) in [5.74, 6) is -4.96. The summed E-state index contributed by atoms with van der Waals surface area (Å²) in [5.41, 5.74) is -6.29. The smallest absolute Gasteiger partial charge is 0.338 e. The van der Waals surface area contributed by atoms with E-state index < -0.39 is 94.4 Å². The summed E-state index contributed by atoms with van der Waals surface area (Å²) < 4.78 is 36.1. The highest BCUT2D eigenvalue weighted by molar-refractivity contribution is 5.89. The van der Waals surface area contributed by atoms with Gasteiger partial charge in [0.1, 0.15) is 23.9 Å². The molecule has 3 fully saturated rings. The highest BCUT2D eigenvalue weighted by Gasteiger charge is 2.79. The first kappa shape index (κ1) is 35.5. The summed E-state index contributed by atoms with van der Waals surface area (Å²) >= 11 is 0. The van der Waals surface area contributed by atoms with Crippen molar-refractivity contribution in [1.82, 2.24) is 0 Å². The van der Waals surface area contributed by atoms with Crippen molar-refractivity contribution in [3.05, 3.63) is 47.0 Å². The van der Waals surface area contributed by atoms with Gasteiger partial charge in [-0.3, -0.25) is 19.2 Å². The molecule has 0 bridgehead atoms. The minimum Gasteiger partial charge on any atom is -0.462 e. The van der Waals surface area contributed by atoms with E-state index in [1.807, 2.05) is 0 Å². The van der Waals surface area contributed by atoms with E-state index in [0.717, 1.165) is 13.8 Å². The fraction of sp³-hybridized carbons (Fsp3) is 0.629. The summed E-state index contributed by atoms with van der Waals surface area (Å²) in [4.78, 5) is 65.1. The van der Waals surface area contributed by atoms with Crippen LogP contribution in [0.3, 0.4) is 0 Å². The molecule has 4 aliphatic rings. The van der Waals surface area contributed by atoms with Gasteiger partial charge in [-0.05, 0) is 44.1 Å². The highest BCUT2D eigenvalue weighted by Crippen LogP contribution is 2.68. The van der Waals surface area contributed by atoms with Crippen molar-refractivity contribution in [3.8, 4) is 0 Å². The number of ether oxygens (including phenoxy) is 6. The van der Waals surface area contributed by atoms with Crippen molar-refractivity contribution in [2.24, 2.45) is 16.7 Å². The molecule has 0 amide bonds. The Morgan fingerprint density at radius 2 is 1.44 bits per heavy atom. The molecule has 10 atom stereocenters. The van der Waals surface area contributed by atoms with Crippen molar-refractivity contribution >= 4 is 29.8 Å². The number of aliphatic hydroxyl groups is 2. The fourth-order valence-electron chi connectivity index (χ4n) is 8.89. The molecule has 2 saturated carbocycles. The number of hydrogen-bond acceptors (Lipinski definition) is 13. The molecule has 1 heterocycles. The Hall–Kier alpha value is -3.81. The molecule has 0 spiro atoms. The van der Waals surface area contributed by atoms with Crippen molar-refractivity contribution in [3.63, 3.8) is 0 Å². The number of hydrogen-bond donors (Lipinski definition) is 2. The average Bonchev–Trinajstić information content (AvgIpc) is 3.23. The normalized spacial score (nSPS) is 37.0. The third-order valence-electron chi connectivity index (χ3n) is 10.8. The lowest BCUT2D eigenvalue weighted by atomic mass is 9.49. The van der Waals surface area contributed by atoms with Crippen LogP contribution in [0.15, 0.2) is 41.5 Å². The predicted molar refractivity (Wildman–Crippen MR) is 165 cm³/mol. The molecule has 13 heteroatoms. The van der Waals surface area contributed by atoms with Crippen molar-refractivity contribution in [2.45, 2.75) is 116 Å². The van der Waals surface area contributed by atoms with Crippen molar-refractivity contribution < 1.29 is 62.6 Å². The Morgan fingerprint density at radius 1 is 0.854 bits per heavy atom. The molecule has 1 unspecified atom stereocenters. The molecule has 1 aliphatic heterocycles. The lowest BCUT2D eigenvalue weighted by Gasteiger charge is -2.64. The van der Waals surface area contributed by atoms with Crippen LogP contribution in [0, 0.1) is 16.7 Å². The molecule has 48 heavy (non-hydrogen) atoms. The predicted octanol–water partition coefficient (Wildman–Crippen LogP) is 2.59. The van der Waals surface area contributed by atoms with Crippen LogP contribution in [-0.2, 0) is 47.6 Å². The van der Waals surface area contributed by atoms with Gasteiger partial charge in [0.25, 0.3) is 0 Å². The average molecular weight is 673 g/mol. The number of carbonyl (C=O) groups excluding carboxylic acids is 5. The maximum Gasteiger partial charge on any atom is 0.338 e. The van der Waals surface area contributed by atoms with E-state index in [1.165, 1.54) is 27.7 Å². The molecule has 1 aromatic carbocycles. The van der Waals surface area contributed by atoms with Gasteiger partial charge in [0.2, 0.25) is 0 Å². The Labute approximate surface area is 278 Å². The van der Waals surface area contributed by atoms with Crippen LogP contribution >= 0.6 is 0 Å². The monoisotopic (exact) mass is 672 g/mol. The molecule has 262 valence electrons. The van der Waals surface area contributed by atoms with E-state index in [1.54, 1.807) is 44.2 Å². The third kappa shape index (κ3) is 5.49. The van der Waals surface area contributed by atoms with Gasteiger partial charge in [0.15, 0.2) is 12.2 Å². The molecule has 2 N–H and O–H groups in total. The molecule has 13 nitrogen and oxygen atoms in total. The van der Waals surface area contributed by atoms with E-state index in [4.69, 9.17) is 28.4 Å². The van der Waals surface area contributed by atoms with Crippen LogP contribution in [0.25, 0.3) is 0 Å². The van der Waals surface area contributed by atoms with Crippen LogP contribution in [0.5, 0.6) is 0 Å². The van der Waals surface area contributed by atoms with Crippen molar-refractivity contribution in [1.29, 1.82) is 0 Å². The van der Waals surface area contributed by atoms with Gasteiger partial charge in [-0.25, -0.2) is 4.79 Å². The molecular formula is C35H44O13. The maximum absolute atomic E-state index is 14.1. The number of fused-ring (bicyclic) bond motifs is 4. The Morgan fingerprint density at radius 3 is 1.94 bits per heavy atom. The summed E-state index contributed by atoms with van der Waals surface area (Å²) in [7, 11) is 0. The second kappa shape index (κ2) is 12.3. The van der Waals surface area contributed by atoms with E-state index >= 15 is 0 Å². The SMILES string of the molecule is CC(=O)O[C@H]1C[C@]2(C(C)(C)O)C(=C1C)[C@@H](OC(C)=O)[C@H](OC(C)=O)[C@@]1(C)C([C@@H]2OC(=O)c2ccccc2)[C@]2(O)CO[C@@H]2C[C@@H]1OC(C)=O. The molecule has 1 saturated heterocycles. The van der Waals surface area contributed by atoms with E-state index in [-0.39, 0.29) is 30.6 Å². The number of rotatable bonds is 7. The van der Waals surface area contributed by atoms with Gasteiger partial charge in [-0.1, -0.05) is 25.1 Å². The lowest BCUT2D eigenvalue weighted by Crippen LogP contribution is -2.78. The van der Waals surface area contributed by atoms with Crippen LogP contribution < -0.4 is 0 Å². The Kier molecular flexibility index (Phi) is 9.07. The first-order valence-electron chi connectivity index (χ1n) is 16.0. The summed E-state index contributed by atoms with van der Waals surface area (Å²) in [6, 6.07) is 8.11. The Balaban J connectivity index is 1.93. The molecule has 3 aliphatic carbocycles. The minimum atomic E-state index is -1.85. The molecule has 0 radical (unpaired) electrons. The van der Waals surface area contributed by atoms with Gasteiger partial charge in [-0.15, -0.1) is 0 Å². The fourth-order valence-corrected chi connectivity index (χ4v) is 8.89. The quantitative estimate of drug-likeness (QED) is 0.245. The summed E-state index contributed by atoms with van der Waals surface area (Å²) in [6.45, 7) is 10.8. The number of benzene rings is 1. The van der Waals surface area contributed by atoms with Gasteiger partial charge in [0.05, 0.1) is 34.7 Å². The lowest BCUT2D eigenvalue weighted by molar-refractivity contribution is -0.350. The van der Waals surface area contributed by atoms with Gasteiger partial charge < -0.3 is 38.6 Å².